The Balaban J connectivity index is 2.37. The molecule has 2 rings (SSSR count). The number of para-hydroxylation sites is 1. The van der Waals surface area contributed by atoms with Crippen molar-refractivity contribution in [3.05, 3.63) is 24.3 Å². The zero-order valence-corrected chi connectivity index (χ0v) is 11.7. The molecule has 0 aromatic heterocycles. The quantitative estimate of drug-likeness (QED) is 0.896. The van der Waals surface area contributed by atoms with Gasteiger partial charge >= 0.3 is 0 Å². The van der Waals surface area contributed by atoms with E-state index in [0.29, 0.717) is 11.4 Å². The highest BCUT2D eigenvalue weighted by molar-refractivity contribution is 7.90. The van der Waals surface area contributed by atoms with E-state index in [2.05, 4.69) is 11.8 Å². The van der Waals surface area contributed by atoms with Gasteiger partial charge in [0, 0.05) is 19.3 Å². The topological polar surface area (TPSA) is 63.4 Å². The van der Waals surface area contributed by atoms with Crippen LogP contribution in [-0.4, -0.2) is 34.3 Å². The highest BCUT2D eigenvalue weighted by atomic mass is 32.2. The molecule has 100 valence electrons. The molecule has 0 bridgehead atoms. The van der Waals surface area contributed by atoms with Crippen LogP contribution >= 0.6 is 0 Å². The summed E-state index contributed by atoms with van der Waals surface area (Å²) < 4.78 is 23.6. The first-order valence-corrected chi connectivity index (χ1v) is 7.99. The third-order valence-electron chi connectivity index (χ3n) is 3.66. The second kappa shape index (κ2) is 4.55. The number of hydrogen-bond donors (Lipinski definition) is 1. The van der Waals surface area contributed by atoms with Gasteiger partial charge in [-0.15, -0.1) is 0 Å². The summed E-state index contributed by atoms with van der Waals surface area (Å²) in [5.74, 6) is 0. The van der Waals surface area contributed by atoms with Gasteiger partial charge in [-0.3, -0.25) is 0 Å². The molecular formula is C13H20N2O2S. The van der Waals surface area contributed by atoms with Crippen LogP contribution in [0.15, 0.2) is 29.2 Å². The summed E-state index contributed by atoms with van der Waals surface area (Å²) in [5, 5.41) is 0. The van der Waals surface area contributed by atoms with E-state index in [9.17, 15) is 8.42 Å². The predicted molar refractivity (Wildman–Crippen MR) is 73.5 cm³/mol. The molecule has 1 aromatic rings. The van der Waals surface area contributed by atoms with Gasteiger partial charge in [0.05, 0.1) is 10.6 Å². The molecule has 1 heterocycles. The van der Waals surface area contributed by atoms with Crippen molar-refractivity contribution < 1.29 is 8.42 Å². The Labute approximate surface area is 109 Å². The number of benzene rings is 1. The fourth-order valence-corrected chi connectivity index (χ4v) is 3.33. The van der Waals surface area contributed by atoms with Crippen LogP contribution < -0.4 is 10.6 Å². The normalized spacial score (nSPS) is 24.5. The van der Waals surface area contributed by atoms with Gasteiger partial charge in [-0.25, -0.2) is 8.42 Å². The molecule has 1 unspecified atom stereocenters. The van der Waals surface area contributed by atoms with Gasteiger partial charge in [-0.05, 0) is 30.5 Å². The average Bonchev–Trinajstić information content (AvgIpc) is 2.72. The van der Waals surface area contributed by atoms with Gasteiger partial charge in [-0.2, -0.15) is 0 Å². The van der Waals surface area contributed by atoms with E-state index in [0.717, 1.165) is 25.2 Å². The first-order chi connectivity index (χ1) is 8.36. The molecule has 0 spiro atoms. The summed E-state index contributed by atoms with van der Waals surface area (Å²) in [6, 6.07) is 7.18. The number of nitrogens with two attached hydrogens (primary N) is 1. The third kappa shape index (κ3) is 2.52. The van der Waals surface area contributed by atoms with Gasteiger partial charge in [0.1, 0.15) is 0 Å². The predicted octanol–water partition coefficient (Wildman–Crippen LogP) is 1.27. The number of sulfone groups is 1. The lowest BCUT2D eigenvalue weighted by Crippen LogP contribution is -2.31. The van der Waals surface area contributed by atoms with Crippen molar-refractivity contribution in [3.8, 4) is 0 Å². The molecule has 5 heteroatoms. The van der Waals surface area contributed by atoms with Crippen molar-refractivity contribution in [1.82, 2.24) is 0 Å². The van der Waals surface area contributed by atoms with Crippen molar-refractivity contribution in [2.24, 2.45) is 11.1 Å². The van der Waals surface area contributed by atoms with Gasteiger partial charge < -0.3 is 10.6 Å². The van der Waals surface area contributed by atoms with Crippen LogP contribution in [0.3, 0.4) is 0 Å². The van der Waals surface area contributed by atoms with Crippen LogP contribution in [0.5, 0.6) is 0 Å². The maximum Gasteiger partial charge on any atom is 0.177 e. The van der Waals surface area contributed by atoms with E-state index < -0.39 is 9.84 Å². The minimum atomic E-state index is -3.19. The standard InChI is InChI=1S/C13H20N2O2S/c1-13(9-14)7-8-15(10-13)11-5-3-4-6-12(11)18(2,16)17/h3-6H,7-10,14H2,1-2H3. The highest BCUT2D eigenvalue weighted by Crippen LogP contribution is 2.35. The van der Waals surface area contributed by atoms with Crippen LogP contribution in [0.25, 0.3) is 0 Å². The fraction of sp³-hybridized carbons (Fsp3) is 0.538. The van der Waals surface area contributed by atoms with E-state index in [1.165, 1.54) is 6.26 Å². The smallest absolute Gasteiger partial charge is 0.177 e. The number of rotatable bonds is 3. The molecule has 0 saturated carbocycles. The molecule has 1 aliphatic heterocycles. The Hall–Kier alpha value is -1.07. The molecule has 2 N–H and O–H groups in total. The van der Waals surface area contributed by atoms with Gasteiger partial charge in [0.15, 0.2) is 9.84 Å². The van der Waals surface area contributed by atoms with Crippen molar-refractivity contribution in [1.29, 1.82) is 0 Å². The second-order valence-corrected chi connectivity index (χ2v) is 7.41. The summed E-state index contributed by atoms with van der Waals surface area (Å²) >= 11 is 0. The molecule has 0 aliphatic carbocycles. The minimum Gasteiger partial charge on any atom is -0.370 e. The van der Waals surface area contributed by atoms with E-state index in [1.54, 1.807) is 12.1 Å². The van der Waals surface area contributed by atoms with Gasteiger partial charge in [0.25, 0.3) is 0 Å². The molecule has 1 saturated heterocycles. The van der Waals surface area contributed by atoms with E-state index in [1.807, 2.05) is 12.1 Å². The molecule has 4 nitrogen and oxygen atoms in total. The molecule has 1 atom stereocenters. The van der Waals surface area contributed by atoms with Crippen molar-refractivity contribution in [3.63, 3.8) is 0 Å². The van der Waals surface area contributed by atoms with Crippen LogP contribution in [0.2, 0.25) is 0 Å². The Morgan fingerprint density at radius 2 is 2.06 bits per heavy atom. The molecule has 0 radical (unpaired) electrons. The van der Waals surface area contributed by atoms with Crippen molar-refractivity contribution >= 4 is 15.5 Å². The first-order valence-electron chi connectivity index (χ1n) is 6.10. The van der Waals surface area contributed by atoms with Crippen LogP contribution in [-0.2, 0) is 9.84 Å². The van der Waals surface area contributed by atoms with Crippen molar-refractivity contribution in [2.45, 2.75) is 18.2 Å². The molecule has 1 aromatic carbocycles. The third-order valence-corrected chi connectivity index (χ3v) is 4.80. The number of anilines is 1. The van der Waals surface area contributed by atoms with E-state index in [-0.39, 0.29) is 5.41 Å². The van der Waals surface area contributed by atoms with E-state index >= 15 is 0 Å². The highest BCUT2D eigenvalue weighted by Gasteiger charge is 2.34. The monoisotopic (exact) mass is 268 g/mol. The molecule has 0 amide bonds. The summed E-state index contributed by atoms with van der Waals surface area (Å²) in [5.41, 5.74) is 6.68. The second-order valence-electron chi connectivity index (χ2n) is 5.43. The molecular weight excluding hydrogens is 248 g/mol. The number of nitrogens with zero attached hydrogens (tertiary/aromatic N) is 1. The van der Waals surface area contributed by atoms with Crippen molar-refractivity contribution in [2.75, 3.05) is 30.8 Å². The summed E-state index contributed by atoms with van der Waals surface area (Å²) in [4.78, 5) is 2.54. The van der Waals surface area contributed by atoms with Gasteiger partial charge in [-0.1, -0.05) is 19.1 Å². The minimum absolute atomic E-state index is 0.0879. The summed E-state index contributed by atoms with van der Waals surface area (Å²) in [7, 11) is -3.19. The largest absolute Gasteiger partial charge is 0.370 e. The average molecular weight is 268 g/mol. The molecule has 1 aliphatic rings. The van der Waals surface area contributed by atoms with Crippen LogP contribution in [0, 0.1) is 5.41 Å². The lowest BCUT2D eigenvalue weighted by Gasteiger charge is -2.25. The lowest BCUT2D eigenvalue weighted by atomic mass is 9.90. The maximum atomic E-state index is 11.8. The lowest BCUT2D eigenvalue weighted by molar-refractivity contribution is 0.383. The van der Waals surface area contributed by atoms with Crippen LogP contribution in [0.1, 0.15) is 13.3 Å². The molecule has 18 heavy (non-hydrogen) atoms. The summed E-state index contributed by atoms with van der Waals surface area (Å²) in [6.45, 7) is 4.46. The maximum absolute atomic E-state index is 11.8. The Morgan fingerprint density at radius 3 is 2.61 bits per heavy atom. The Morgan fingerprint density at radius 1 is 1.39 bits per heavy atom. The zero-order chi connectivity index (χ0) is 13.4. The first kappa shape index (κ1) is 13.4. The zero-order valence-electron chi connectivity index (χ0n) is 10.9. The summed E-state index contributed by atoms with van der Waals surface area (Å²) in [6.07, 6.45) is 2.26. The van der Waals surface area contributed by atoms with Gasteiger partial charge in [0.2, 0.25) is 0 Å². The molecule has 1 fully saturated rings. The van der Waals surface area contributed by atoms with Crippen LogP contribution in [0.4, 0.5) is 5.69 Å². The SMILES string of the molecule is CC1(CN)CCN(c2ccccc2S(C)(=O)=O)C1. The van der Waals surface area contributed by atoms with E-state index in [4.69, 9.17) is 5.73 Å². The number of hydrogen-bond acceptors (Lipinski definition) is 4. The Kier molecular flexibility index (Phi) is 3.38. The Bertz CT molecular complexity index is 542. The fourth-order valence-electron chi connectivity index (χ4n) is 2.43.